The van der Waals surface area contributed by atoms with Crippen LogP contribution in [0.2, 0.25) is 5.02 Å². The van der Waals surface area contributed by atoms with Gasteiger partial charge in [0.1, 0.15) is 10.8 Å². The summed E-state index contributed by atoms with van der Waals surface area (Å²) >= 11 is 6.05. The Labute approximate surface area is 101 Å². The topological polar surface area (TPSA) is 47.1 Å². The summed E-state index contributed by atoms with van der Waals surface area (Å²) in [6, 6.07) is 0.411. The Morgan fingerprint density at radius 1 is 1.44 bits per heavy atom. The molecule has 1 aromatic rings. The number of nitrogen functional groups attached to an aromatic ring is 1. The highest BCUT2D eigenvalue weighted by atomic mass is 35.5. The summed E-state index contributed by atoms with van der Waals surface area (Å²) in [6.07, 6.45) is 2.21. The van der Waals surface area contributed by atoms with E-state index in [0.29, 0.717) is 16.9 Å². The highest BCUT2D eigenvalue weighted by molar-refractivity contribution is 6.33. The maximum atomic E-state index is 6.05. The molecule has 1 aliphatic heterocycles. The quantitative estimate of drug-likeness (QED) is 0.864. The Balaban J connectivity index is 2.11. The van der Waals surface area contributed by atoms with Crippen molar-refractivity contribution >= 4 is 17.4 Å². The van der Waals surface area contributed by atoms with Crippen molar-refractivity contribution in [2.75, 3.05) is 25.4 Å². The third kappa shape index (κ3) is 2.04. The number of hydrogen-bond acceptors (Lipinski definition) is 3. The number of halogens is 1. The molecule has 1 aliphatic rings. The van der Waals surface area contributed by atoms with Gasteiger partial charge in [-0.05, 0) is 26.3 Å². The van der Waals surface area contributed by atoms with Gasteiger partial charge in [-0.15, -0.1) is 0 Å². The molecule has 0 spiro atoms. The number of likely N-dealkylation sites (tertiary alicyclic amines) is 1. The Kier molecular flexibility index (Phi) is 3.40. The van der Waals surface area contributed by atoms with E-state index >= 15 is 0 Å². The normalized spacial score (nSPS) is 19.2. The van der Waals surface area contributed by atoms with Crippen LogP contribution in [-0.4, -0.2) is 34.3 Å². The predicted octanol–water partition coefficient (Wildman–Crippen LogP) is 2.08. The first-order valence-electron chi connectivity index (χ1n) is 5.86. The van der Waals surface area contributed by atoms with E-state index < -0.39 is 0 Å². The van der Waals surface area contributed by atoms with Gasteiger partial charge in [-0.25, -0.2) is 4.68 Å². The van der Waals surface area contributed by atoms with E-state index in [1.165, 1.54) is 0 Å². The van der Waals surface area contributed by atoms with Gasteiger partial charge in [-0.2, -0.15) is 5.10 Å². The molecule has 1 aromatic heterocycles. The fraction of sp³-hybridized carbons (Fsp3) is 0.727. The van der Waals surface area contributed by atoms with Crippen molar-refractivity contribution in [1.29, 1.82) is 0 Å². The van der Waals surface area contributed by atoms with Gasteiger partial charge in [-0.1, -0.05) is 18.5 Å². The molecule has 2 rings (SSSR count). The average molecular weight is 243 g/mol. The second-order valence-corrected chi connectivity index (χ2v) is 4.77. The van der Waals surface area contributed by atoms with Crippen LogP contribution >= 0.6 is 11.6 Å². The van der Waals surface area contributed by atoms with Gasteiger partial charge in [0.25, 0.3) is 0 Å². The lowest BCUT2D eigenvalue weighted by atomic mass is 10.1. The van der Waals surface area contributed by atoms with Gasteiger partial charge in [-0.3, -0.25) is 0 Å². The third-order valence-corrected chi connectivity index (χ3v) is 3.86. The number of aromatic nitrogens is 2. The third-order valence-electron chi connectivity index (χ3n) is 3.40. The van der Waals surface area contributed by atoms with E-state index in [9.17, 15) is 0 Å². The van der Waals surface area contributed by atoms with Gasteiger partial charge in [0, 0.05) is 13.1 Å². The highest BCUT2D eigenvalue weighted by Crippen LogP contribution is 2.30. The Bertz CT molecular complexity index is 366. The molecule has 0 bridgehead atoms. The second kappa shape index (κ2) is 4.63. The number of anilines is 1. The van der Waals surface area contributed by atoms with E-state index in [1.807, 2.05) is 11.6 Å². The molecule has 0 unspecified atom stereocenters. The molecule has 16 heavy (non-hydrogen) atoms. The highest BCUT2D eigenvalue weighted by Gasteiger charge is 2.23. The fourth-order valence-corrected chi connectivity index (χ4v) is 2.43. The fourth-order valence-electron chi connectivity index (χ4n) is 2.30. The minimum absolute atomic E-state index is 0.411. The molecule has 0 aromatic carbocycles. The first kappa shape index (κ1) is 11.7. The van der Waals surface area contributed by atoms with Crippen molar-refractivity contribution in [2.24, 2.45) is 0 Å². The lowest BCUT2D eigenvalue weighted by Crippen LogP contribution is -2.34. The molecule has 90 valence electrons. The Hall–Kier alpha value is -0.740. The van der Waals surface area contributed by atoms with Gasteiger partial charge in [0.15, 0.2) is 0 Å². The van der Waals surface area contributed by atoms with Gasteiger partial charge in [0.2, 0.25) is 0 Å². The summed E-state index contributed by atoms with van der Waals surface area (Å²) in [4.78, 5) is 2.45. The lowest BCUT2D eigenvalue weighted by Gasteiger charge is -2.31. The summed E-state index contributed by atoms with van der Waals surface area (Å²) in [6.45, 7) is 7.47. The van der Waals surface area contributed by atoms with Crippen LogP contribution in [0.25, 0.3) is 0 Å². The standard InChI is InChI=1S/C11H19ClN4/c1-3-15-6-4-9(5-7-15)16-11(13)10(12)8(2)14-16/h9H,3-7,13H2,1-2H3. The van der Waals surface area contributed by atoms with Crippen LogP contribution in [0.4, 0.5) is 5.82 Å². The van der Waals surface area contributed by atoms with E-state index in [-0.39, 0.29) is 0 Å². The predicted molar refractivity (Wildman–Crippen MR) is 66.8 cm³/mol. The molecule has 0 radical (unpaired) electrons. The molecule has 5 heteroatoms. The molecule has 0 aliphatic carbocycles. The number of piperidine rings is 1. The summed E-state index contributed by atoms with van der Waals surface area (Å²) in [5, 5.41) is 5.03. The Morgan fingerprint density at radius 2 is 2.06 bits per heavy atom. The minimum Gasteiger partial charge on any atom is -0.383 e. The first-order valence-corrected chi connectivity index (χ1v) is 6.23. The zero-order valence-corrected chi connectivity index (χ0v) is 10.7. The van der Waals surface area contributed by atoms with Gasteiger partial charge >= 0.3 is 0 Å². The molecular weight excluding hydrogens is 224 g/mol. The lowest BCUT2D eigenvalue weighted by molar-refractivity contribution is 0.188. The van der Waals surface area contributed by atoms with Crippen LogP contribution in [-0.2, 0) is 0 Å². The number of nitrogens with zero attached hydrogens (tertiary/aromatic N) is 3. The molecule has 0 saturated carbocycles. The molecule has 0 atom stereocenters. The molecule has 1 fully saturated rings. The monoisotopic (exact) mass is 242 g/mol. The zero-order valence-electron chi connectivity index (χ0n) is 9.91. The smallest absolute Gasteiger partial charge is 0.141 e. The van der Waals surface area contributed by atoms with Crippen molar-refractivity contribution in [3.05, 3.63) is 10.7 Å². The summed E-state index contributed by atoms with van der Waals surface area (Å²) in [5.74, 6) is 0.620. The molecule has 4 nitrogen and oxygen atoms in total. The van der Waals surface area contributed by atoms with E-state index in [2.05, 4.69) is 16.9 Å². The first-order chi connectivity index (χ1) is 7.63. The summed E-state index contributed by atoms with van der Waals surface area (Å²) in [7, 11) is 0. The van der Waals surface area contributed by atoms with Crippen LogP contribution in [0.3, 0.4) is 0 Å². The molecular formula is C11H19ClN4. The Morgan fingerprint density at radius 3 is 2.50 bits per heavy atom. The zero-order chi connectivity index (χ0) is 11.7. The van der Waals surface area contributed by atoms with Gasteiger partial charge < -0.3 is 10.6 Å². The van der Waals surface area contributed by atoms with Crippen LogP contribution in [0.5, 0.6) is 0 Å². The van der Waals surface area contributed by atoms with Crippen LogP contribution < -0.4 is 5.73 Å². The summed E-state index contributed by atoms with van der Waals surface area (Å²) in [5.41, 5.74) is 6.79. The molecule has 2 N–H and O–H groups in total. The second-order valence-electron chi connectivity index (χ2n) is 4.39. The number of nitrogens with two attached hydrogens (primary N) is 1. The maximum absolute atomic E-state index is 6.05. The van der Waals surface area contributed by atoms with E-state index in [4.69, 9.17) is 17.3 Å². The van der Waals surface area contributed by atoms with Crippen molar-refractivity contribution in [1.82, 2.24) is 14.7 Å². The number of rotatable bonds is 2. The minimum atomic E-state index is 0.411. The van der Waals surface area contributed by atoms with Crippen molar-refractivity contribution in [3.63, 3.8) is 0 Å². The van der Waals surface area contributed by atoms with Crippen LogP contribution in [0.1, 0.15) is 31.5 Å². The van der Waals surface area contributed by atoms with Crippen molar-refractivity contribution < 1.29 is 0 Å². The number of hydrogen-bond donors (Lipinski definition) is 1. The largest absolute Gasteiger partial charge is 0.383 e. The van der Waals surface area contributed by atoms with Crippen LogP contribution in [0, 0.1) is 6.92 Å². The van der Waals surface area contributed by atoms with E-state index in [1.54, 1.807) is 0 Å². The number of aryl methyl sites for hydroxylation is 1. The van der Waals surface area contributed by atoms with Crippen molar-refractivity contribution in [2.45, 2.75) is 32.7 Å². The molecule has 2 heterocycles. The van der Waals surface area contributed by atoms with E-state index in [0.717, 1.165) is 38.2 Å². The maximum Gasteiger partial charge on any atom is 0.141 e. The SMILES string of the molecule is CCN1CCC(n2nc(C)c(Cl)c2N)CC1. The summed E-state index contributed by atoms with van der Waals surface area (Å²) < 4.78 is 1.91. The van der Waals surface area contributed by atoms with Gasteiger partial charge in [0.05, 0.1) is 11.7 Å². The molecule has 1 saturated heterocycles. The molecule has 0 amide bonds. The van der Waals surface area contributed by atoms with Crippen molar-refractivity contribution in [3.8, 4) is 0 Å². The average Bonchev–Trinajstić information content (AvgIpc) is 2.57. The van der Waals surface area contributed by atoms with Crippen LogP contribution in [0.15, 0.2) is 0 Å².